The maximum absolute atomic E-state index is 13.2. The molecule has 0 aliphatic heterocycles. The molecule has 0 radical (unpaired) electrons. The fourth-order valence-electron chi connectivity index (χ4n) is 3.10. The summed E-state index contributed by atoms with van der Waals surface area (Å²) in [5, 5.41) is 2.56. The first-order valence-electron chi connectivity index (χ1n) is 9.12. The Labute approximate surface area is 166 Å². The molecule has 1 heterocycles. The molecule has 0 fully saturated rings. The van der Waals surface area contributed by atoms with Crippen molar-refractivity contribution >= 4 is 28.5 Å². The molecule has 0 aliphatic rings. The molecule has 0 saturated heterocycles. The highest BCUT2D eigenvalue weighted by atomic mass is 19.1. The van der Waals surface area contributed by atoms with E-state index in [0.29, 0.717) is 34.5 Å². The summed E-state index contributed by atoms with van der Waals surface area (Å²) in [7, 11) is 1.50. The summed E-state index contributed by atoms with van der Waals surface area (Å²) < 4.78 is 14.8. The average Bonchev–Trinajstić information content (AvgIpc) is 2.68. The Morgan fingerprint density at radius 2 is 1.97 bits per heavy atom. The number of anilines is 1. The molecule has 8 heteroatoms. The van der Waals surface area contributed by atoms with Crippen molar-refractivity contribution in [3.05, 3.63) is 69.9 Å². The standard InChI is InChI=1S/C21H21FN4O3/c1-4-26-18-9-8-14(10-17(18)23-13(2)20(26)28)21(29)25(3)12-19(27)24-16-7-5-6-15(22)11-16/h5-11H,4,12H2,1-3H3,(H,24,27). The molecule has 3 aromatic rings. The summed E-state index contributed by atoms with van der Waals surface area (Å²) in [4.78, 5) is 42.6. The first kappa shape index (κ1) is 20.2. The van der Waals surface area contributed by atoms with Crippen LogP contribution in [0.4, 0.5) is 10.1 Å². The van der Waals surface area contributed by atoms with Crippen LogP contribution < -0.4 is 10.9 Å². The first-order chi connectivity index (χ1) is 13.8. The van der Waals surface area contributed by atoms with Gasteiger partial charge in [-0.1, -0.05) is 6.07 Å². The maximum Gasteiger partial charge on any atom is 0.272 e. The highest BCUT2D eigenvalue weighted by Gasteiger charge is 2.17. The Hall–Kier alpha value is -3.55. The van der Waals surface area contributed by atoms with E-state index in [2.05, 4.69) is 10.3 Å². The van der Waals surface area contributed by atoms with Gasteiger partial charge in [0, 0.05) is 24.8 Å². The molecule has 0 unspecified atom stereocenters. The molecular weight excluding hydrogens is 375 g/mol. The third-order valence-electron chi connectivity index (χ3n) is 4.51. The van der Waals surface area contributed by atoms with Crippen LogP contribution in [-0.2, 0) is 11.3 Å². The van der Waals surface area contributed by atoms with Crippen molar-refractivity contribution in [2.24, 2.45) is 0 Å². The van der Waals surface area contributed by atoms with E-state index in [1.54, 1.807) is 35.8 Å². The smallest absolute Gasteiger partial charge is 0.272 e. The lowest BCUT2D eigenvalue weighted by Crippen LogP contribution is -2.35. The number of benzene rings is 2. The third-order valence-corrected chi connectivity index (χ3v) is 4.51. The fraction of sp³-hybridized carbons (Fsp3) is 0.238. The zero-order chi connectivity index (χ0) is 21.1. The van der Waals surface area contributed by atoms with Crippen LogP contribution in [0.5, 0.6) is 0 Å². The fourth-order valence-corrected chi connectivity index (χ4v) is 3.10. The largest absolute Gasteiger partial charge is 0.332 e. The van der Waals surface area contributed by atoms with Crippen LogP contribution in [0.2, 0.25) is 0 Å². The summed E-state index contributed by atoms with van der Waals surface area (Å²) in [6.45, 7) is 3.79. The van der Waals surface area contributed by atoms with Gasteiger partial charge in [-0.25, -0.2) is 9.37 Å². The van der Waals surface area contributed by atoms with Crippen LogP contribution in [-0.4, -0.2) is 39.9 Å². The SMILES string of the molecule is CCn1c(=O)c(C)nc2cc(C(=O)N(C)CC(=O)Nc3cccc(F)c3)ccc21. The van der Waals surface area contributed by atoms with E-state index in [9.17, 15) is 18.8 Å². The number of likely N-dealkylation sites (N-methyl/N-ethyl adjacent to an activating group) is 1. The molecule has 2 aromatic carbocycles. The number of aromatic nitrogens is 2. The molecule has 0 aliphatic carbocycles. The zero-order valence-electron chi connectivity index (χ0n) is 16.4. The van der Waals surface area contributed by atoms with Gasteiger partial charge in [0.1, 0.15) is 11.5 Å². The van der Waals surface area contributed by atoms with Gasteiger partial charge < -0.3 is 14.8 Å². The second-order valence-corrected chi connectivity index (χ2v) is 6.67. The molecule has 150 valence electrons. The van der Waals surface area contributed by atoms with Crippen LogP contribution in [0.25, 0.3) is 11.0 Å². The van der Waals surface area contributed by atoms with Gasteiger partial charge in [-0.05, 0) is 50.2 Å². The van der Waals surface area contributed by atoms with Gasteiger partial charge in [0.15, 0.2) is 0 Å². The van der Waals surface area contributed by atoms with E-state index in [1.165, 1.54) is 30.1 Å². The van der Waals surface area contributed by atoms with Crippen molar-refractivity contribution in [1.29, 1.82) is 0 Å². The molecular formula is C21H21FN4O3. The van der Waals surface area contributed by atoms with Crippen molar-refractivity contribution in [2.45, 2.75) is 20.4 Å². The van der Waals surface area contributed by atoms with Crippen LogP contribution in [0, 0.1) is 12.7 Å². The summed E-state index contributed by atoms with van der Waals surface area (Å²) in [5.74, 6) is -1.27. The number of halogens is 1. The molecule has 29 heavy (non-hydrogen) atoms. The first-order valence-corrected chi connectivity index (χ1v) is 9.12. The molecule has 1 N–H and O–H groups in total. The predicted molar refractivity (Wildman–Crippen MR) is 108 cm³/mol. The van der Waals surface area contributed by atoms with Crippen LogP contribution in [0.15, 0.2) is 47.3 Å². The Balaban J connectivity index is 1.78. The van der Waals surface area contributed by atoms with Gasteiger partial charge in [0.25, 0.3) is 11.5 Å². The number of nitrogens with one attached hydrogen (secondary N) is 1. The third kappa shape index (κ3) is 4.31. The summed E-state index contributed by atoms with van der Waals surface area (Å²) in [6, 6.07) is 10.4. The van der Waals surface area contributed by atoms with Crippen molar-refractivity contribution < 1.29 is 14.0 Å². The minimum Gasteiger partial charge on any atom is -0.332 e. The van der Waals surface area contributed by atoms with Crippen molar-refractivity contribution in [2.75, 3.05) is 18.9 Å². The number of fused-ring (bicyclic) bond motifs is 1. The predicted octanol–water partition coefficient (Wildman–Crippen LogP) is 2.57. The molecule has 0 spiro atoms. The molecule has 2 amide bonds. The Bertz CT molecular complexity index is 1160. The van der Waals surface area contributed by atoms with Gasteiger partial charge in [-0.2, -0.15) is 0 Å². The number of aryl methyl sites for hydroxylation is 2. The van der Waals surface area contributed by atoms with E-state index < -0.39 is 11.7 Å². The van der Waals surface area contributed by atoms with E-state index >= 15 is 0 Å². The van der Waals surface area contributed by atoms with Gasteiger partial charge in [-0.15, -0.1) is 0 Å². The quantitative estimate of drug-likeness (QED) is 0.718. The lowest BCUT2D eigenvalue weighted by Gasteiger charge is -2.17. The van der Waals surface area contributed by atoms with Crippen molar-refractivity contribution in [3.63, 3.8) is 0 Å². The Morgan fingerprint density at radius 1 is 1.21 bits per heavy atom. The lowest BCUT2D eigenvalue weighted by atomic mass is 10.1. The zero-order valence-corrected chi connectivity index (χ0v) is 16.4. The van der Waals surface area contributed by atoms with Gasteiger partial charge >= 0.3 is 0 Å². The highest BCUT2D eigenvalue weighted by molar-refractivity contribution is 6.00. The maximum atomic E-state index is 13.2. The molecule has 0 bridgehead atoms. The highest BCUT2D eigenvalue weighted by Crippen LogP contribution is 2.15. The minimum atomic E-state index is -0.461. The second kappa shape index (κ2) is 8.22. The summed E-state index contributed by atoms with van der Waals surface area (Å²) >= 11 is 0. The molecule has 0 saturated carbocycles. The Morgan fingerprint density at radius 3 is 2.66 bits per heavy atom. The normalized spacial score (nSPS) is 10.8. The van der Waals surface area contributed by atoms with E-state index in [0.717, 1.165) is 0 Å². The number of amides is 2. The summed E-state index contributed by atoms with van der Waals surface area (Å²) in [5.41, 5.74) is 2.04. The van der Waals surface area contributed by atoms with Gasteiger partial charge in [0.2, 0.25) is 5.91 Å². The monoisotopic (exact) mass is 396 g/mol. The van der Waals surface area contributed by atoms with Gasteiger partial charge in [0.05, 0.1) is 17.6 Å². The average molecular weight is 396 g/mol. The van der Waals surface area contributed by atoms with Crippen LogP contribution in [0.3, 0.4) is 0 Å². The second-order valence-electron chi connectivity index (χ2n) is 6.67. The number of rotatable bonds is 5. The van der Waals surface area contributed by atoms with Crippen LogP contribution >= 0.6 is 0 Å². The van der Waals surface area contributed by atoms with E-state index in [-0.39, 0.29) is 18.0 Å². The van der Waals surface area contributed by atoms with Crippen molar-refractivity contribution in [1.82, 2.24) is 14.5 Å². The number of carbonyl (C=O) groups excluding carboxylic acids is 2. The van der Waals surface area contributed by atoms with Gasteiger partial charge in [-0.3, -0.25) is 14.4 Å². The number of hydrogen-bond acceptors (Lipinski definition) is 4. The van der Waals surface area contributed by atoms with Crippen LogP contribution in [0.1, 0.15) is 23.0 Å². The molecule has 0 atom stereocenters. The van der Waals surface area contributed by atoms with E-state index in [1.807, 2.05) is 6.92 Å². The number of carbonyl (C=O) groups is 2. The summed E-state index contributed by atoms with van der Waals surface area (Å²) in [6.07, 6.45) is 0. The minimum absolute atomic E-state index is 0.162. The Kier molecular flexibility index (Phi) is 5.72. The topological polar surface area (TPSA) is 84.3 Å². The van der Waals surface area contributed by atoms with E-state index in [4.69, 9.17) is 0 Å². The molecule has 3 rings (SSSR count). The molecule has 1 aromatic heterocycles. The molecule has 7 nitrogen and oxygen atoms in total. The number of hydrogen-bond donors (Lipinski definition) is 1. The number of nitrogens with zero attached hydrogens (tertiary/aromatic N) is 3. The lowest BCUT2D eigenvalue weighted by molar-refractivity contribution is -0.116. The van der Waals surface area contributed by atoms with Crippen molar-refractivity contribution in [3.8, 4) is 0 Å².